The van der Waals surface area contributed by atoms with Crippen molar-refractivity contribution in [1.29, 1.82) is 0 Å². The molecule has 0 amide bonds. The highest BCUT2D eigenvalue weighted by Crippen LogP contribution is 2.55. The van der Waals surface area contributed by atoms with Crippen LogP contribution in [0.1, 0.15) is 37.7 Å². The van der Waals surface area contributed by atoms with E-state index in [0.29, 0.717) is 41.9 Å². The number of anilines is 5. The summed E-state index contributed by atoms with van der Waals surface area (Å²) in [6.07, 6.45) is 6.75. The summed E-state index contributed by atoms with van der Waals surface area (Å²) in [6.45, 7) is 3.92. The summed E-state index contributed by atoms with van der Waals surface area (Å²) in [4.78, 5) is 13.5. The first-order chi connectivity index (χ1) is 20.0. The second-order valence-corrected chi connectivity index (χ2v) is 14.5. The van der Waals surface area contributed by atoms with Gasteiger partial charge in [-0.3, -0.25) is 4.72 Å². The molecule has 4 heterocycles. The van der Waals surface area contributed by atoms with Crippen LogP contribution in [0.25, 0.3) is 10.9 Å². The van der Waals surface area contributed by atoms with Gasteiger partial charge in [-0.2, -0.15) is 0 Å². The van der Waals surface area contributed by atoms with Crippen molar-refractivity contribution in [3.05, 3.63) is 42.2 Å². The third-order valence-electron chi connectivity index (χ3n) is 9.70. The minimum atomic E-state index is -3.73. The van der Waals surface area contributed by atoms with Crippen LogP contribution in [0.2, 0.25) is 0 Å². The number of hydrogen-bond donors (Lipinski definition) is 3. The molecular weight excluding hydrogens is 562 g/mol. The van der Waals surface area contributed by atoms with Crippen molar-refractivity contribution in [1.82, 2.24) is 9.97 Å². The average molecular weight is 599 g/mol. The van der Waals surface area contributed by atoms with Gasteiger partial charge >= 0.3 is 0 Å². The molecule has 3 saturated heterocycles. The van der Waals surface area contributed by atoms with E-state index < -0.39 is 40.1 Å². The van der Waals surface area contributed by atoms with Gasteiger partial charge in [0.1, 0.15) is 12.1 Å². The van der Waals surface area contributed by atoms with Crippen LogP contribution in [0.5, 0.6) is 0 Å². The number of aryl methyl sites for hydroxylation is 1. The molecule has 0 radical (unpaired) electrons. The van der Waals surface area contributed by atoms with Crippen LogP contribution >= 0.6 is 0 Å². The van der Waals surface area contributed by atoms with Gasteiger partial charge in [0.05, 0.1) is 34.6 Å². The number of rotatable bonds is 8. The van der Waals surface area contributed by atoms with E-state index in [1.54, 1.807) is 6.07 Å². The Hall–Kier alpha value is -3.25. The van der Waals surface area contributed by atoms with Gasteiger partial charge in [-0.1, -0.05) is 0 Å². The van der Waals surface area contributed by atoms with Gasteiger partial charge in [0.25, 0.3) is 5.92 Å². The van der Waals surface area contributed by atoms with E-state index in [-0.39, 0.29) is 0 Å². The third kappa shape index (κ3) is 5.02. The van der Waals surface area contributed by atoms with Crippen molar-refractivity contribution in [2.24, 2.45) is 17.3 Å². The van der Waals surface area contributed by atoms with Gasteiger partial charge in [-0.15, -0.1) is 0 Å². The minimum Gasteiger partial charge on any atom is -0.395 e. The molecule has 9 nitrogen and oxygen atoms in total. The van der Waals surface area contributed by atoms with Gasteiger partial charge in [0, 0.05) is 49.4 Å². The number of piperidine rings is 3. The van der Waals surface area contributed by atoms with Crippen molar-refractivity contribution >= 4 is 49.5 Å². The molecule has 3 N–H and O–H groups in total. The molecule has 5 fully saturated rings. The molecule has 5 aliphatic rings. The summed E-state index contributed by atoms with van der Waals surface area (Å²) in [5, 5.41) is 13.5. The Morgan fingerprint density at radius 1 is 0.976 bits per heavy atom. The smallest absolute Gasteiger partial charge is 0.257 e. The highest BCUT2D eigenvalue weighted by molar-refractivity contribution is 7.92. The number of aliphatic hydroxyl groups is 1. The molecule has 42 heavy (non-hydrogen) atoms. The number of aromatic nitrogens is 2. The molecule has 3 aliphatic heterocycles. The summed E-state index contributed by atoms with van der Waals surface area (Å²) in [5.74, 6) is -3.54. The van der Waals surface area contributed by atoms with Crippen LogP contribution in [0.3, 0.4) is 0 Å². The molecule has 2 bridgehead atoms. The van der Waals surface area contributed by atoms with E-state index in [4.69, 9.17) is 0 Å². The Labute approximate surface area is 244 Å². The van der Waals surface area contributed by atoms with Crippen LogP contribution in [0.4, 0.5) is 37.3 Å². The number of fused-ring (bicyclic) bond motifs is 3. The first-order valence-corrected chi connectivity index (χ1v) is 16.4. The lowest BCUT2D eigenvalue weighted by molar-refractivity contribution is -0.194. The van der Waals surface area contributed by atoms with Crippen LogP contribution in [-0.4, -0.2) is 68.0 Å². The minimum absolute atomic E-state index is 0.346. The fraction of sp³-hybridized carbons (Fsp3) is 0.533. The largest absolute Gasteiger partial charge is 0.395 e. The maximum Gasteiger partial charge on any atom is 0.257 e. The zero-order valence-corrected chi connectivity index (χ0v) is 24.4. The number of alkyl halides is 2. The maximum absolute atomic E-state index is 14.2. The molecule has 3 aromatic rings. The molecule has 2 aromatic carbocycles. The van der Waals surface area contributed by atoms with Gasteiger partial charge in [-0.05, 0) is 80.3 Å². The molecule has 2 saturated carbocycles. The summed E-state index contributed by atoms with van der Waals surface area (Å²) in [7, 11) is -3.73. The van der Waals surface area contributed by atoms with Crippen molar-refractivity contribution in [3.63, 3.8) is 0 Å². The molecule has 2 unspecified atom stereocenters. The Balaban J connectivity index is 1.24. The third-order valence-corrected chi connectivity index (χ3v) is 11.0. The van der Waals surface area contributed by atoms with Crippen LogP contribution in [-0.2, 0) is 10.0 Å². The number of sulfonamides is 1. The summed E-state index contributed by atoms with van der Waals surface area (Å²) < 4.78 is 56.0. The molecule has 1 aromatic heterocycles. The first kappa shape index (κ1) is 27.6. The molecule has 8 rings (SSSR count). The monoisotopic (exact) mass is 598 g/mol. The van der Waals surface area contributed by atoms with Crippen LogP contribution in [0.15, 0.2) is 36.7 Å². The fourth-order valence-electron chi connectivity index (χ4n) is 7.02. The summed E-state index contributed by atoms with van der Waals surface area (Å²) in [6, 6.07) is 9.54. The van der Waals surface area contributed by atoms with Crippen molar-refractivity contribution in [3.8, 4) is 0 Å². The van der Waals surface area contributed by atoms with Gasteiger partial charge in [0.2, 0.25) is 10.0 Å². The highest BCUT2D eigenvalue weighted by Gasteiger charge is 2.60. The maximum atomic E-state index is 14.2. The lowest BCUT2D eigenvalue weighted by atomic mass is 9.67. The zero-order chi connectivity index (χ0) is 29.3. The Kier molecular flexibility index (Phi) is 6.50. The normalized spacial score (nSPS) is 24.0. The van der Waals surface area contributed by atoms with Gasteiger partial charge < -0.3 is 20.2 Å². The van der Waals surface area contributed by atoms with Crippen molar-refractivity contribution in [2.75, 3.05) is 58.4 Å². The molecular formula is C30H36F2N6O3S. The number of nitrogens with one attached hydrogen (secondary N) is 2. The van der Waals surface area contributed by atoms with E-state index in [1.807, 2.05) is 31.2 Å². The molecule has 1 spiro atoms. The molecule has 2 aliphatic carbocycles. The number of aliphatic hydroxyl groups excluding tert-OH is 1. The quantitative estimate of drug-likeness (QED) is 0.336. The van der Waals surface area contributed by atoms with Crippen LogP contribution in [0, 0.1) is 24.2 Å². The molecule has 224 valence electrons. The average Bonchev–Trinajstić information content (AvgIpc) is 3.71. The number of nitrogens with zero attached hydrogens (tertiary/aromatic N) is 4. The van der Waals surface area contributed by atoms with Gasteiger partial charge in [-0.25, -0.2) is 27.2 Å². The first-order valence-electron chi connectivity index (χ1n) is 14.7. The van der Waals surface area contributed by atoms with Crippen LogP contribution < -0.4 is 19.8 Å². The predicted molar refractivity (Wildman–Crippen MR) is 160 cm³/mol. The SMILES string of the molecule is Cc1cc(Nc2ncnc3cc(NS(=O)(=O)CCO)cc(N4CCC5(CC4)CC5)c23)cc(N2CC3CC(C2)C3(F)F)c1. The summed E-state index contributed by atoms with van der Waals surface area (Å²) >= 11 is 0. The highest BCUT2D eigenvalue weighted by atomic mass is 32.2. The van der Waals surface area contributed by atoms with Crippen molar-refractivity contribution < 1.29 is 22.3 Å². The summed E-state index contributed by atoms with van der Waals surface area (Å²) in [5.41, 5.74) is 4.99. The van der Waals surface area contributed by atoms with E-state index in [2.05, 4.69) is 29.8 Å². The van der Waals surface area contributed by atoms with Gasteiger partial charge in [0.15, 0.2) is 0 Å². The van der Waals surface area contributed by atoms with E-state index in [9.17, 15) is 22.3 Å². The lowest BCUT2D eigenvalue weighted by Crippen LogP contribution is -2.62. The zero-order valence-electron chi connectivity index (χ0n) is 23.6. The number of halogens is 2. The van der Waals surface area contributed by atoms with E-state index in [0.717, 1.165) is 53.9 Å². The Morgan fingerprint density at radius 3 is 2.38 bits per heavy atom. The second kappa shape index (κ2) is 9.90. The topological polar surface area (TPSA) is 111 Å². The van der Waals surface area contributed by atoms with E-state index in [1.165, 1.54) is 19.2 Å². The molecule has 12 heteroatoms. The Morgan fingerprint density at radius 2 is 1.71 bits per heavy atom. The predicted octanol–water partition coefficient (Wildman–Crippen LogP) is 4.89. The fourth-order valence-corrected chi connectivity index (χ4v) is 7.84. The number of hydrogen-bond acceptors (Lipinski definition) is 8. The molecule has 2 atom stereocenters. The van der Waals surface area contributed by atoms with Crippen molar-refractivity contribution in [2.45, 2.75) is 45.0 Å². The second-order valence-electron chi connectivity index (χ2n) is 12.6. The standard InChI is InChI=1S/C30H36F2N6O3S/c1-19-10-22(13-24(11-19)38-16-20-12-21(17-38)30(20,31)32)35-28-27-25(33-18-34-28)14-23(36-42(40,41)9-8-39)15-26(27)37-6-4-29(2-3-29)5-7-37/h10-11,13-15,18,20-21,36,39H,2-9,12,16-17H2,1H3,(H,33,34,35). The lowest BCUT2D eigenvalue weighted by Gasteiger charge is -2.53. The van der Waals surface area contributed by atoms with E-state index >= 15 is 0 Å². The Bertz CT molecular complexity index is 1620. The number of benzene rings is 2.